The smallest absolute Gasteiger partial charge is 0.0247 e. The minimum absolute atomic E-state index is 0.831. The van der Waals surface area contributed by atoms with Crippen molar-refractivity contribution < 1.29 is 0 Å². The topological polar surface area (TPSA) is 0 Å². The third-order valence-electron chi connectivity index (χ3n) is 1.64. The van der Waals surface area contributed by atoms with Gasteiger partial charge < -0.3 is 0 Å². The van der Waals surface area contributed by atoms with Crippen molar-refractivity contribution in [2.75, 3.05) is 0 Å². The van der Waals surface area contributed by atoms with Crippen molar-refractivity contribution in [1.82, 2.24) is 0 Å². The number of allylic oxidation sites excluding steroid dienone is 1. The molecule has 58 valence electrons. The Morgan fingerprint density at radius 3 is 2.50 bits per heavy atom. The molecule has 0 radical (unpaired) electrons. The molecule has 0 aliphatic heterocycles. The lowest BCUT2D eigenvalue weighted by atomic mass is 10.0. The second-order valence-corrected chi connectivity index (χ2v) is 3.24. The van der Waals surface area contributed by atoms with Crippen LogP contribution in [0.1, 0.15) is 40.0 Å². The van der Waals surface area contributed by atoms with Crippen molar-refractivity contribution in [2.24, 2.45) is 5.92 Å². The zero-order chi connectivity index (χ0) is 7.98. The average molecular weight is 138 g/mol. The zero-order valence-corrected chi connectivity index (χ0v) is 7.41. The van der Waals surface area contributed by atoms with Gasteiger partial charge in [-0.15, -0.1) is 5.73 Å². The third-order valence-corrected chi connectivity index (χ3v) is 1.64. The Morgan fingerprint density at radius 2 is 2.10 bits per heavy atom. The minimum atomic E-state index is 0.831. The minimum Gasteiger partial charge on any atom is -0.130 e. The Labute approximate surface area is 64.6 Å². The van der Waals surface area contributed by atoms with Crippen LogP contribution in [0.2, 0.25) is 0 Å². The molecular weight excluding hydrogens is 120 g/mol. The molecule has 0 aromatic rings. The largest absolute Gasteiger partial charge is 0.130 e. The molecule has 0 aliphatic rings. The van der Waals surface area contributed by atoms with E-state index in [1.165, 1.54) is 24.8 Å². The maximum Gasteiger partial charge on any atom is -0.0247 e. The Hall–Kier alpha value is -0.480. The van der Waals surface area contributed by atoms with Crippen LogP contribution >= 0.6 is 0 Å². The van der Waals surface area contributed by atoms with E-state index in [4.69, 9.17) is 0 Å². The second-order valence-electron chi connectivity index (χ2n) is 3.24. The summed E-state index contributed by atoms with van der Waals surface area (Å²) >= 11 is 0. The lowest BCUT2D eigenvalue weighted by Gasteiger charge is -2.02. The van der Waals surface area contributed by atoms with Crippen LogP contribution in [-0.4, -0.2) is 0 Å². The first-order chi connectivity index (χ1) is 4.66. The van der Waals surface area contributed by atoms with Gasteiger partial charge in [0.15, 0.2) is 0 Å². The fourth-order valence-electron chi connectivity index (χ4n) is 0.864. The lowest BCUT2D eigenvalue weighted by Crippen LogP contribution is -1.86. The molecule has 0 heterocycles. The van der Waals surface area contributed by atoms with E-state index in [1.54, 1.807) is 0 Å². The standard InChI is InChI=1S/C10H18/c1-5-10(4)8-6-7-9(2)3/h9H,1,6-8H2,2-4H3. The summed E-state index contributed by atoms with van der Waals surface area (Å²) in [5, 5.41) is 0. The summed E-state index contributed by atoms with van der Waals surface area (Å²) in [5.74, 6) is 0.831. The molecule has 0 amide bonds. The van der Waals surface area contributed by atoms with Crippen molar-refractivity contribution in [3.05, 3.63) is 17.9 Å². The molecule has 0 fully saturated rings. The molecule has 0 aromatic carbocycles. The van der Waals surface area contributed by atoms with Gasteiger partial charge in [0.25, 0.3) is 0 Å². The number of hydrogen-bond donors (Lipinski definition) is 0. The molecule has 0 saturated heterocycles. The summed E-state index contributed by atoms with van der Waals surface area (Å²) in [5.41, 5.74) is 4.20. The molecule has 0 rings (SSSR count). The van der Waals surface area contributed by atoms with E-state index in [2.05, 4.69) is 33.1 Å². The first-order valence-electron chi connectivity index (χ1n) is 4.02. The SMILES string of the molecule is C=C=C(C)CCCC(C)C. The fraction of sp³-hybridized carbons (Fsp3) is 0.700. The molecule has 0 unspecified atom stereocenters. The van der Waals surface area contributed by atoms with Crippen LogP contribution in [0.15, 0.2) is 17.9 Å². The molecule has 0 heteroatoms. The zero-order valence-electron chi connectivity index (χ0n) is 7.41. The van der Waals surface area contributed by atoms with Crippen LogP contribution in [-0.2, 0) is 0 Å². The van der Waals surface area contributed by atoms with Gasteiger partial charge in [-0.1, -0.05) is 26.8 Å². The van der Waals surface area contributed by atoms with E-state index in [0.29, 0.717) is 0 Å². The molecule has 10 heavy (non-hydrogen) atoms. The van der Waals surface area contributed by atoms with Crippen molar-refractivity contribution in [2.45, 2.75) is 40.0 Å². The molecular formula is C10H18. The van der Waals surface area contributed by atoms with Crippen LogP contribution in [0.3, 0.4) is 0 Å². The van der Waals surface area contributed by atoms with Crippen LogP contribution in [0.25, 0.3) is 0 Å². The third kappa shape index (κ3) is 5.65. The van der Waals surface area contributed by atoms with Gasteiger partial charge in [-0.2, -0.15) is 0 Å². The summed E-state index contributed by atoms with van der Waals surface area (Å²) in [6.45, 7) is 10.2. The predicted octanol–water partition coefficient (Wildman–Crippen LogP) is 3.54. The van der Waals surface area contributed by atoms with Crippen LogP contribution in [0, 0.1) is 5.92 Å². The lowest BCUT2D eigenvalue weighted by molar-refractivity contribution is 0.555. The number of rotatable bonds is 4. The van der Waals surface area contributed by atoms with Crippen molar-refractivity contribution in [1.29, 1.82) is 0 Å². The highest BCUT2D eigenvalue weighted by Gasteiger charge is 1.93. The number of hydrogen-bond acceptors (Lipinski definition) is 0. The van der Waals surface area contributed by atoms with Gasteiger partial charge in [0.1, 0.15) is 0 Å². The van der Waals surface area contributed by atoms with Gasteiger partial charge in [-0.25, -0.2) is 0 Å². The molecule has 0 nitrogen and oxygen atoms in total. The van der Waals surface area contributed by atoms with E-state index in [1.807, 2.05) is 0 Å². The maximum atomic E-state index is 3.60. The Balaban J connectivity index is 3.29. The van der Waals surface area contributed by atoms with Gasteiger partial charge in [-0.3, -0.25) is 0 Å². The van der Waals surface area contributed by atoms with Crippen LogP contribution < -0.4 is 0 Å². The Kier molecular flexibility index (Phi) is 5.06. The molecule has 0 bridgehead atoms. The summed E-state index contributed by atoms with van der Waals surface area (Å²) in [6.07, 6.45) is 3.77. The monoisotopic (exact) mass is 138 g/mol. The van der Waals surface area contributed by atoms with Crippen molar-refractivity contribution in [3.63, 3.8) is 0 Å². The molecule has 0 N–H and O–H groups in total. The van der Waals surface area contributed by atoms with E-state index in [0.717, 1.165) is 5.92 Å². The summed E-state index contributed by atoms with van der Waals surface area (Å²) in [6, 6.07) is 0. The van der Waals surface area contributed by atoms with Crippen LogP contribution in [0.5, 0.6) is 0 Å². The van der Waals surface area contributed by atoms with Gasteiger partial charge in [0, 0.05) is 0 Å². The summed E-state index contributed by atoms with van der Waals surface area (Å²) in [7, 11) is 0. The van der Waals surface area contributed by atoms with Crippen molar-refractivity contribution >= 4 is 0 Å². The van der Waals surface area contributed by atoms with E-state index in [-0.39, 0.29) is 0 Å². The molecule has 0 spiro atoms. The van der Waals surface area contributed by atoms with Gasteiger partial charge in [-0.05, 0) is 31.3 Å². The van der Waals surface area contributed by atoms with Gasteiger partial charge in [0.2, 0.25) is 0 Å². The van der Waals surface area contributed by atoms with Crippen molar-refractivity contribution in [3.8, 4) is 0 Å². The van der Waals surface area contributed by atoms with E-state index >= 15 is 0 Å². The average Bonchev–Trinajstić information content (AvgIpc) is 1.87. The van der Waals surface area contributed by atoms with Gasteiger partial charge >= 0.3 is 0 Å². The maximum absolute atomic E-state index is 3.60. The Bertz CT molecular complexity index is 125. The molecule has 0 aliphatic carbocycles. The first kappa shape index (κ1) is 9.52. The highest BCUT2D eigenvalue weighted by Crippen LogP contribution is 2.09. The predicted molar refractivity (Wildman–Crippen MR) is 47.0 cm³/mol. The summed E-state index contributed by atoms with van der Waals surface area (Å²) in [4.78, 5) is 0. The fourth-order valence-corrected chi connectivity index (χ4v) is 0.864. The Morgan fingerprint density at radius 1 is 1.50 bits per heavy atom. The summed E-state index contributed by atoms with van der Waals surface area (Å²) < 4.78 is 0. The van der Waals surface area contributed by atoms with E-state index in [9.17, 15) is 0 Å². The second kappa shape index (κ2) is 5.32. The first-order valence-corrected chi connectivity index (χ1v) is 4.02. The molecule has 0 saturated carbocycles. The van der Waals surface area contributed by atoms with Crippen LogP contribution in [0.4, 0.5) is 0 Å². The van der Waals surface area contributed by atoms with Gasteiger partial charge in [0.05, 0.1) is 0 Å². The quantitative estimate of drug-likeness (QED) is 0.521. The molecule has 0 atom stereocenters. The highest BCUT2D eigenvalue weighted by molar-refractivity contribution is 4.93. The highest BCUT2D eigenvalue weighted by atomic mass is 14.0. The molecule has 0 aromatic heterocycles. The van der Waals surface area contributed by atoms with E-state index < -0.39 is 0 Å². The normalized spacial score (nSPS) is 9.60.